The summed E-state index contributed by atoms with van der Waals surface area (Å²) >= 11 is 0. The molecule has 1 atom stereocenters. The lowest BCUT2D eigenvalue weighted by molar-refractivity contribution is -0.117. The van der Waals surface area contributed by atoms with Crippen molar-refractivity contribution in [2.45, 2.75) is 18.6 Å². The summed E-state index contributed by atoms with van der Waals surface area (Å²) in [6.07, 6.45) is -0.144. The van der Waals surface area contributed by atoms with Gasteiger partial charge in [0.05, 0.1) is 0 Å². The molecule has 2 heterocycles. The summed E-state index contributed by atoms with van der Waals surface area (Å²) in [5.41, 5.74) is 1.14. The zero-order valence-electron chi connectivity index (χ0n) is 11.8. The number of primary sulfonamides is 1. The Morgan fingerprint density at radius 2 is 2.00 bits per heavy atom. The molecule has 0 aliphatic carbocycles. The maximum atomic E-state index is 12.0. The smallest absolute Gasteiger partial charge is 0.336 e. The number of sulfonamides is 1. The van der Waals surface area contributed by atoms with Crippen LogP contribution in [-0.2, 0) is 14.8 Å². The van der Waals surface area contributed by atoms with Crippen LogP contribution < -0.4 is 15.7 Å². The summed E-state index contributed by atoms with van der Waals surface area (Å²) in [4.78, 5) is 24.8. The summed E-state index contributed by atoms with van der Waals surface area (Å²) in [6, 6.07) is 6.38. The summed E-state index contributed by atoms with van der Waals surface area (Å²) in [6.45, 7) is 1.79. The molecule has 0 spiro atoms. The Morgan fingerprint density at radius 1 is 1.27 bits per heavy atom. The molecule has 0 saturated carbocycles. The van der Waals surface area contributed by atoms with Gasteiger partial charge in [0.15, 0.2) is 0 Å². The van der Waals surface area contributed by atoms with Crippen LogP contribution in [0.3, 0.4) is 0 Å². The third-order valence-corrected chi connectivity index (χ3v) is 5.05. The van der Waals surface area contributed by atoms with E-state index in [4.69, 9.17) is 9.56 Å². The molecule has 7 nitrogen and oxygen atoms in total. The van der Waals surface area contributed by atoms with Crippen LogP contribution >= 0.6 is 0 Å². The van der Waals surface area contributed by atoms with E-state index in [1.807, 2.05) is 0 Å². The van der Waals surface area contributed by atoms with Gasteiger partial charge in [-0.3, -0.25) is 4.79 Å². The molecule has 2 aromatic rings. The highest BCUT2D eigenvalue weighted by Gasteiger charge is 2.37. The fraction of sp³-hybridized carbons (Fsp3) is 0.286. The number of benzene rings is 1. The van der Waals surface area contributed by atoms with Crippen LogP contribution in [0.4, 0.5) is 5.69 Å². The van der Waals surface area contributed by atoms with Crippen molar-refractivity contribution in [1.29, 1.82) is 0 Å². The molecule has 0 radical (unpaired) electrons. The van der Waals surface area contributed by atoms with Gasteiger partial charge < -0.3 is 9.32 Å². The number of hydrogen-bond acceptors (Lipinski definition) is 5. The Kier molecular flexibility index (Phi) is 3.30. The van der Waals surface area contributed by atoms with E-state index in [0.29, 0.717) is 11.3 Å². The predicted molar refractivity (Wildman–Crippen MR) is 81.1 cm³/mol. The molecular weight excluding hydrogens is 308 g/mol. The number of aryl methyl sites for hydroxylation is 1. The molecule has 1 unspecified atom stereocenters. The Balaban J connectivity index is 2.04. The van der Waals surface area contributed by atoms with Gasteiger partial charge in [-0.05, 0) is 24.6 Å². The highest BCUT2D eigenvalue weighted by atomic mass is 32.2. The number of amides is 1. The minimum atomic E-state index is -3.77. The van der Waals surface area contributed by atoms with Crippen molar-refractivity contribution >= 4 is 32.6 Å². The molecule has 22 heavy (non-hydrogen) atoms. The van der Waals surface area contributed by atoms with Gasteiger partial charge in [0, 0.05) is 36.2 Å². The van der Waals surface area contributed by atoms with Crippen molar-refractivity contribution in [2.24, 2.45) is 5.14 Å². The molecule has 1 saturated heterocycles. The average Bonchev–Trinajstić information content (AvgIpc) is 2.80. The lowest BCUT2D eigenvalue weighted by Gasteiger charge is -2.16. The van der Waals surface area contributed by atoms with Gasteiger partial charge in [0.2, 0.25) is 15.9 Å². The number of fused-ring (bicyclic) bond motifs is 1. The van der Waals surface area contributed by atoms with Gasteiger partial charge in [-0.15, -0.1) is 0 Å². The zero-order valence-corrected chi connectivity index (χ0v) is 12.6. The van der Waals surface area contributed by atoms with Gasteiger partial charge in [-0.2, -0.15) is 0 Å². The van der Waals surface area contributed by atoms with E-state index in [9.17, 15) is 18.0 Å². The van der Waals surface area contributed by atoms with Gasteiger partial charge >= 0.3 is 5.63 Å². The highest BCUT2D eigenvalue weighted by molar-refractivity contribution is 7.89. The number of carbonyl (C=O) groups is 1. The van der Waals surface area contributed by atoms with E-state index in [1.54, 1.807) is 25.1 Å². The van der Waals surface area contributed by atoms with E-state index >= 15 is 0 Å². The fourth-order valence-electron chi connectivity index (χ4n) is 2.63. The van der Waals surface area contributed by atoms with E-state index in [-0.39, 0.29) is 18.9 Å². The standard InChI is InChI=1S/C14H14N2O5S/c1-8-4-14(18)21-12-5-9(2-3-11(8)12)16-7-10(6-13(16)17)22(15,19)20/h2-5,10H,6-7H2,1H3,(H2,15,19,20). The number of nitrogens with zero attached hydrogens (tertiary/aromatic N) is 1. The van der Waals surface area contributed by atoms with Crippen LogP contribution in [0.15, 0.2) is 33.5 Å². The Bertz CT molecular complexity index is 932. The van der Waals surface area contributed by atoms with Crippen LogP contribution in [-0.4, -0.2) is 26.1 Å². The maximum absolute atomic E-state index is 12.0. The highest BCUT2D eigenvalue weighted by Crippen LogP contribution is 2.28. The third-order valence-electron chi connectivity index (χ3n) is 3.80. The molecule has 2 N–H and O–H groups in total. The van der Waals surface area contributed by atoms with Crippen LogP contribution in [0, 0.1) is 6.92 Å². The van der Waals surface area contributed by atoms with Gasteiger partial charge in [0.25, 0.3) is 0 Å². The minimum Gasteiger partial charge on any atom is -0.423 e. The molecule has 1 aliphatic rings. The molecule has 3 rings (SSSR count). The Morgan fingerprint density at radius 3 is 2.64 bits per heavy atom. The molecule has 1 fully saturated rings. The summed E-state index contributed by atoms with van der Waals surface area (Å²) < 4.78 is 27.9. The maximum Gasteiger partial charge on any atom is 0.336 e. The summed E-state index contributed by atoms with van der Waals surface area (Å²) in [5, 5.41) is 4.95. The number of hydrogen-bond donors (Lipinski definition) is 1. The van der Waals surface area contributed by atoms with Gasteiger partial charge in [0.1, 0.15) is 10.8 Å². The second-order valence-corrected chi connectivity index (χ2v) is 7.19. The molecule has 0 bridgehead atoms. The Hall–Kier alpha value is -2.19. The first-order valence-electron chi connectivity index (χ1n) is 6.62. The number of anilines is 1. The van der Waals surface area contributed by atoms with Crippen LogP contribution in [0.25, 0.3) is 11.0 Å². The normalized spacial score (nSPS) is 19.1. The first-order chi connectivity index (χ1) is 10.3. The SMILES string of the molecule is Cc1cc(=O)oc2cc(N3CC(S(N)(=O)=O)CC3=O)ccc12. The van der Waals surface area contributed by atoms with Crippen molar-refractivity contribution < 1.29 is 17.6 Å². The van der Waals surface area contributed by atoms with E-state index in [2.05, 4.69) is 0 Å². The second kappa shape index (κ2) is 4.92. The van der Waals surface area contributed by atoms with Crippen molar-refractivity contribution in [3.8, 4) is 0 Å². The first kappa shape index (κ1) is 14.7. The molecule has 1 aliphatic heterocycles. The van der Waals surface area contributed by atoms with Crippen molar-refractivity contribution in [1.82, 2.24) is 0 Å². The number of nitrogens with two attached hydrogens (primary N) is 1. The van der Waals surface area contributed by atoms with E-state index in [0.717, 1.165) is 10.9 Å². The number of carbonyl (C=O) groups excluding carboxylic acids is 1. The summed E-state index contributed by atoms with van der Waals surface area (Å²) in [5.74, 6) is -0.326. The average molecular weight is 322 g/mol. The summed E-state index contributed by atoms with van der Waals surface area (Å²) in [7, 11) is -3.77. The lowest BCUT2D eigenvalue weighted by Crippen LogP contribution is -2.32. The largest absolute Gasteiger partial charge is 0.423 e. The van der Waals surface area contributed by atoms with E-state index < -0.39 is 20.9 Å². The topological polar surface area (TPSA) is 111 Å². The molecule has 1 aromatic heterocycles. The van der Waals surface area contributed by atoms with Crippen LogP contribution in [0.2, 0.25) is 0 Å². The molecule has 1 amide bonds. The van der Waals surface area contributed by atoms with Crippen molar-refractivity contribution in [2.75, 3.05) is 11.4 Å². The van der Waals surface area contributed by atoms with Crippen molar-refractivity contribution in [3.05, 3.63) is 40.2 Å². The minimum absolute atomic E-state index is 0.000773. The third kappa shape index (κ3) is 2.51. The van der Waals surface area contributed by atoms with Gasteiger partial charge in [-0.25, -0.2) is 18.4 Å². The lowest BCUT2D eigenvalue weighted by atomic mass is 10.1. The fourth-order valence-corrected chi connectivity index (χ4v) is 3.36. The second-order valence-electron chi connectivity index (χ2n) is 5.35. The van der Waals surface area contributed by atoms with E-state index in [1.165, 1.54) is 11.0 Å². The monoisotopic (exact) mass is 322 g/mol. The quantitative estimate of drug-likeness (QED) is 0.809. The first-order valence-corrected chi connectivity index (χ1v) is 8.23. The predicted octanol–water partition coefficient (Wildman–Crippen LogP) is 0.495. The molecule has 8 heteroatoms. The molecular formula is C14H14N2O5S. The zero-order chi connectivity index (χ0) is 16.1. The molecule has 1 aromatic carbocycles. The molecule has 116 valence electrons. The van der Waals surface area contributed by atoms with Crippen molar-refractivity contribution in [3.63, 3.8) is 0 Å². The number of rotatable bonds is 2. The van der Waals surface area contributed by atoms with Crippen LogP contribution in [0.1, 0.15) is 12.0 Å². The Labute approximate surface area is 126 Å². The van der Waals surface area contributed by atoms with Gasteiger partial charge in [-0.1, -0.05) is 0 Å². The van der Waals surface area contributed by atoms with Crippen LogP contribution in [0.5, 0.6) is 0 Å².